The van der Waals surface area contributed by atoms with Crippen molar-refractivity contribution in [3.63, 3.8) is 0 Å². The molecule has 0 saturated heterocycles. The minimum atomic E-state index is -0.154. The first kappa shape index (κ1) is 18.8. The van der Waals surface area contributed by atoms with E-state index in [0.29, 0.717) is 6.42 Å². The van der Waals surface area contributed by atoms with Gasteiger partial charge in [0.25, 0.3) is 5.91 Å². The van der Waals surface area contributed by atoms with Crippen LogP contribution in [0.2, 0.25) is 0 Å². The zero-order valence-electron chi connectivity index (χ0n) is 16.4. The number of nitrogens with zero attached hydrogens (tertiary/aromatic N) is 4. The lowest BCUT2D eigenvalue weighted by molar-refractivity contribution is 0.0742. The maximum atomic E-state index is 12.7. The molecule has 27 heavy (non-hydrogen) atoms. The van der Waals surface area contributed by atoms with Gasteiger partial charge in [0.15, 0.2) is 0 Å². The summed E-state index contributed by atoms with van der Waals surface area (Å²) in [5.41, 5.74) is 3.29. The molecule has 5 nitrogen and oxygen atoms in total. The van der Waals surface area contributed by atoms with Crippen LogP contribution in [0.4, 0.5) is 0 Å². The van der Waals surface area contributed by atoms with Crippen molar-refractivity contribution in [3.05, 3.63) is 77.4 Å². The van der Waals surface area contributed by atoms with E-state index in [1.54, 1.807) is 11.9 Å². The Balaban J connectivity index is 1.96. The molecule has 0 bridgehead atoms. The quantitative estimate of drug-likeness (QED) is 0.669. The minimum absolute atomic E-state index is 0.0932. The van der Waals surface area contributed by atoms with Gasteiger partial charge in [-0.15, -0.1) is 5.10 Å². The Labute approximate surface area is 160 Å². The lowest BCUT2D eigenvalue weighted by Gasteiger charge is -2.19. The molecule has 0 aliphatic rings. The molecule has 1 amide bonds. The number of para-hydroxylation sites is 1. The standard InChI is InChI=1S/C22H26N4O/c1-16(2)25(4)22(27)21-23-20(15-14-18-11-6-5-7-12-18)26(24-21)19-13-9-8-10-17(19)3/h5-13,16H,14-15H2,1-4H3. The summed E-state index contributed by atoms with van der Waals surface area (Å²) < 4.78 is 1.82. The van der Waals surface area contributed by atoms with Crippen LogP contribution in [0.3, 0.4) is 0 Å². The van der Waals surface area contributed by atoms with Gasteiger partial charge < -0.3 is 4.90 Å². The van der Waals surface area contributed by atoms with Crippen molar-refractivity contribution in [1.82, 2.24) is 19.7 Å². The van der Waals surface area contributed by atoms with E-state index in [9.17, 15) is 4.79 Å². The van der Waals surface area contributed by atoms with Crippen LogP contribution < -0.4 is 0 Å². The number of carbonyl (C=O) groups is 1. The second-order valence-corrected chi connectivity index (χ2v) is 7.05. The van der Waals surface area contributed by atoms with Crippen molar-refractivity contribution in [3.8, 4) is 5.69 Å². The summed E-state index contributed by atoms with van der Waals surface area (Å²) in [5, 5.41) is 4.57. The highest BCUT2D eigenvalue weighted by molar-refractivity contribution is 5.90. The van der Waals surface area contributed by atoms with E-state index < -0.39 is 0 Å². The van der Waals surface area contributed by atoms with E-state index in [1.807, 2.05) is 67.9 Å². The van der Waals surface area contributed by atoms with Crippen molar-refractivity contribution in [2.75, 3.05) is 7.05 Å². The van der Waals surface area contributed by atoms with Gasteiger partial charge in [0.2, 0.25) is 5.82 Å². The lowest BCUT2D eigenvalue weighted by atomic mass is 10.1. The van der Waals surface area contributed by atoms with E-state index in [4.69, 9.17) is 0 Å². The van der Waals surface area contributed by atoms with Crippen molar-refractivity contribution in [2.24, 2.45) is 0 Å². The van der Waals surface area contributed by atoms with Crippen molar-refractivity contribution in [1.29, 1.82) is 0 Å². The molecule has 0 aliphatic carbocycles. The first-order chi connectivity index (χ1) is 13.0. The fraction of sp³-hybridized carbons (Fsp3) is 0.318. The lowest BCUT2D eigenvalue weighted by Crippen LogP contribution is -2.33. The number of rotatable bonds is 6. The molecule has 0 radical (unpaired) electrons. The summed E-state index contributed by atoms with van der Waals surface area (Å²) in [4.78, 5) is 19.0. The van der Waals surface area contributed by atoms with Crippen LogP contribution in [0.5, 0.6) is 0 Å². The second-order valence-electron chi connectivity index (χ2n) is 7.05. The SMILES string of the molecule is Cc1ccccc1-n1nc(C(=O)N(C)C(C)C)nc1CCc1ccccc1. The predicted molar refractivity (Wildman–Crippen MR) is 107 cm³/mol. The van der Waals surface area contributed by atoms with Crippen LogP contribution >= 0.6 is 0 Å². The highest BCUT2D eigenvalue weighted by Gasteiger charge is 2.22. The van der Waals surface area contributed by atoms with Crippen LogP contribution in [0.15, 0.2) is 54.6 Å². The fourth-order valence-electron chi connectivity index (χ4n) is 2.88. The molecule has 0 saturated carbocycles. The second kappa shape index (κ2) is 8.16. The van der Waals surface area contributed by atoms with Crippen LogP contribution in [-0.2, 0) is 12.8 Å². The third-order valence-corrected chi connectivity index (χ3v) is 4.78. The Morgan fingerprint density at radius 3 is 2.37 bits per heavy atom. The zero-order chi connectivity index (χ0) is 19.4. The van der Waals surface area contributed by atoms with Crippen molar-refractivity contribution >= 4 is 5.91 Å². The summed E-state index contributed by atoms with van der Waals surface area (Å²) in [7, 11) is 1.78. The van der Waals surface area contributed by atoms with Gasteiger partial charge in [-0.1, -0.05) is 48.5 Å². The minimum Gasteiger partial charge on any atom is -0.337 e. The number of aryl methyl sites for hydroxylation is 3. The monoisotopic (exact) mass is 362 g/mol. The first-order valence-corrected chi connectivity index (χ1v) is 9.30. The Bertz CT molecular complexity index is 915. The predicted octanol–water partition coefficient (Wildman–Crippen LogP) is 3.84. The Kier molecular flexibility index (Phi) is 5.69. The van der Waals surface area contributed by atoms with Gasteiger partial charge in [-0.3, -0.25) is 4.79 Å². The number of hydrogen-bond donors (Lipinski definition) is 0. The molecule has 0 atom stereocenters. The maximum Gasteiger partial charge on any atom is 0.293 e. The normalized spacial score (nSPS) is 11.0. The topological polar surface area (TPSA) is 51.0 Å². The molecule has 0 spiro atoms. The largest absolute Gasteiger partial charge is 0.337 e. The van der Waals surface area contributed by atoms with Crippen LogP contribution in [-0.4, -0.2) is 38.7 Å². The van der Waals surface area contributed by atoms with Gasteiger partial charge in [-0.25, -0.2) is 9.67 Å². The summed E-state index contributed by atoms with van der Waals surface area (Å²) >= 11 is 0. The van der Waals surface area contributed by atoms with Crippen LogP contribution in [0.1, 0.15) is 41.4 Å². The highest BCUT2D eigenvalue weighted by Crippen LogP contribution is 2.17. The fourth-order valence-corrected chi connectivity index (χ4v) is 2.88. The van der Waals surface area contributed by atoms with Crippen LogP contribution in [0.25, 0.3) is 5.69 Å². The Morgan fingerprint density at radius 2 is 1.70 bits per heavy atom. The van der Waals surface area contributed by atoms with Gasteiger partial charge in [0.1, 0.15) is 5.82 Å². The Hall–Kier alpha value is -2.95. The van der Waals surface area contributed by atoms with Gasteiger partial charge in [0, 0.05) is 19.5 Å². The van der Waals surface area contributed by atoms with E-state index in [-0.39, 0.29) is 17.8 Å². The van der Waals surface area contributed by atoms with Gasteiger partial charge >= 0.3 is 0 Å². The molecule has 3 aromatic rings. The molecule has 5 heteroatoms. The molecule has 0 aliphatic heterocycles. The third kappa shape index (κ3) is 4.25. The average molecular weight is 362 g/mol. The van der Waals surface area contributed by atoms with Gasteiger partial charge in [-0.05, 0) is 44.4 Å². The molecule has 1 aromatic heterocycles. The van der Waals surface area contributed by atoms with E-state index in [2.05, 4.69) is 22.2 Å². The average Bonchev–Trinajstić information content (AvgIpc) is 3.10. The van der Waals surface area contributed by atoms with Crippen molar-refractivity contribution in [2.45, 2.75) is 39.7 Å². The molecule has 0 unspecified atom stereocenters. The van der Waals surface area contributed by atoms with E-state index in [1.165, 1.54) is 5.56 Å². The number of benzene rings is 2. The maximum absolute atomic E-state index is 12.7. The number of aromatic nitrogens is 3. The molecule has 0 fully saturated rings. The van der Waals surface area contributed by atoms with Gasteiger partial charge in [0.05, 0.1) is 5.69 Å². The van der Waals surface area contributed by atoms with E-state index >= 15 is 0 Å². The summed E-state index contributed by atoms with van der Waals surface area (Å²) in [6.07, 6.45) is 1.56. The molecular weight excluding hydrogens is 336 g/mol. The number of hydrogen-bond acceptors (Lipinski definition) is 3. The smallest absolute Gasteiger partial charge is 0.293 e. The summed E-state index contributed by atoms with van der Waals surface area (Å²) in [6.45, 7) is 6.00. The highest BCUT2D eigenvalue weighted by atomic mass is 16.2. The zero-order valence-corrected chi connectivity index (χ0v) is 16.4. The van der Waals surface area contributed by atoms with Gasteiger partial charge in [-0.2, -0.15) is 0 Å². The molecule has 0 N–H and O–H groups in total. The van der Waals surface area contributed by atoms with E-state index in [0.717, 1.165) is 23.5 Å². The first-order valence-electron chi connectivity index (χ1n) is 9.30. The molecule has 140 valence electrons. The summed E-state index contributed by atoms with van der Waals surface area (Å²) in [5.74, 6) is 0.893. The number of carbonyl (C=O) groups excluding carboxylic acids is 1. The molecule has 2 aromatic carbocycles. The Morgan fingerprint density at radius 1 is 1.04 bits per heavy atom. The summed E-state index contributed by atoms with van der Waals surface area (Å²) in [6, 6.07) is 18.4. The molecule has 3 rings (SSSR count). The number of amides is 1. The molecular formula is C22H26N4O. The van der Waals surface area contributed by atoms with Crippen molar-refractivity contribution < 1.29 is 4.79 Å². The van der Waals surface area contributed by atoms with Crippen LogP contribution in [0, 0.1) is 6.92 Å². The third-order valence-electron chi connectivity index (χ3n) is 4.78. The molecule has 1 heterocycles.